The van der Waals surface area contributed by atoms with Crippen molar-refractivity contribution < 1.29 is 13.2 Å². The van der Waals surface area contributed by atoms with Crippen LogP contribution in [0.5, 0.6) is 0 Å². The molecule has 1 aliphatic rings. The summed E-state index contributed by atoms with van der Waals surface area (Å²) in [4.78, 5) is 12.5. The van der Waals surface area contributed by atoms with Crippen molar-refractivity contribution in [3.8, 4) is 0 Å². The molecule has 1 saturated carbocycles. The van der Waals surface area contributed by atoms with Crippen LogP contribution in [-0.2, 0) is 14.8 Å². The molecular weight excluding hydrogens is 348 g/mol. The zero-order valence-electron chi connectivity index (χ0n) is 15.3. The van der Waals surface area contributed by atoms with E-state index in [1.807, 2.05) is 24.3 Å². The maximum atomic E-state index is 12.8. The molecule has 0 spiro atoms. The topological polar surface area (TPSA) is 66.5 Å². The quantitative estimate of drug-likeness (QED) is 0.874. The Morgan fingerprint density at radius 3 is 2.54 bits per heavy atom. The van der Waals surface area contributed by atoms with E-state index in [9.17, 15) is 13.2 Å². The summed E-state index contributed by atoms with van der Waals surface area (Å²) in [7, 11) is -2.25. The molecule has 0 saturated heterocycles. The smallest absolute Gasteiger partial charge is 0.243 e. The summed E-state index contributed by atoms with van der Waals surface area (Å²) in [6.45, 7) is 1.97. The molecule has 0 radical (unpaired) electrons. The minimum Gasteiger partial charge on any atom is -0.352 e. The highest BCUT2D eigenvalue weighted by molar-refractivity contribution is 7.89. The van der Waals surface area contributed by atoms with Crippen molar-refractivity contribution in [2.75, 3.05) is 13.6 Å². The van der Waals surface area contributed by atoms with Gasteiger partial charge in [-0.15, -0.1) is 0 Å². The standard InChI is InChI=1S/C20H26N2O3S/c1-15-7-3-6-10-19(15)21-20(23)14-22(2)26(24,25)18-12-11-16-8-4-5-9-17(16)13-18/h4-5,8-9,11-13,15,19H,3,6-7,10,14H2,1-2H3,(H,21,23)/t15-,19-/m1/s1. The van der Waals surface area contributed by atoms with Crippen molar-refractivity contribution >= 4 is 26.7 Å². The third kappa shape index (κ3) is 4.07. The van der Waals surface area contributed by atoms with Crippen molar-refractivity contribution in [1.29, 1.82) is 0 Å². The Labute approximate surface area is 155 Å². The first-order chi connectivity index (χ1) is 12.4. The Morgan fingerprint density at radius 1 is 1.12 bits per heavy atom. The zero-order chi connectivity index (χ0) is 18.7. The van der Waals surface area contributed by atoms with E-state index in [1.165, 1.54) is 13.5 Å². The van der Waals surface area contributed by atoms with Gasteiger partial charge in [0.1, 0.15) is 0 Å². The second-order valence-corrected chi connectivity index (χ2v) is 9.25. The number of carbonyl (C=O) groups excluding carboxylic acids is 1. The zero-order valence-corrected chi connectivity index (χ0v) is 16.1. The lowest BCUT2D eigenvalue weighted by atomic mass is 9.86. The Morgan fingerprint density at radius 2 is 1.81 bits per heavy atom. The van der Waals surface area contributed by atoms with Crippen LogP contribution >= 0.6 is 0 Å². The molecule has 0 unspecified atom stereocenters. The van der Waals surface area contributed by atoms with Gasteiger partial charge < -0.3 is 5.32 Å². The Hall–Kier alpha value is -1.92. The number of amides is 1. The number of sulfonamides is 1. The van der Waals surface area contributed by atoms with E-state index in [1.54, 1.807) is 18.2 Å². The summed E-state index contributed by atoms with van der Waals surface area (Å²) in [5, 5.41) is 4.86. The number of carbonyl (C=O) groups is 1. The van der Waals surface area contributed by atoms with Crippen LogP contribution < -0.4 is 5.32 Å². The maximum Gasteiger partial charge on any atom is 0.243 e. The molecule has 1 fully saturated rings. The van der Waals surface area contributed by atoms with Crippen LogP contribution in [0.4, 0.5) is 0 Å². The first-order valence-electron chi connectivity index (χ1n) is 9.12. The fourth-order valence-corrected chi connectivity index (χ4v) is 4.74. The van der Waals surface area contributed by atoms with E-state index < -0.39 is 10.0 Å². The monoisotopic (exact) mass is 374 g/mol. The predicted molar refractivity (Wildman–Crippen MR) is 103 cm³/mol. The molecule has 0 aliphatic heterocycles. The van der Waals surface area contributed by atoms with E-state index in [4.69, 9.17) is 0 Å². The van der Waals surface area contributed by atoms with E-state index in [0.29, 0.717) is 5.92 Å². The average Bonchev–Trinajstić information content (AvgIpc) is 2.63. The number of likely N-dealkylation sites (N-methyl/N-ethyl adjacent to an activating group) is 1. The van der Waals surface area contributed by atoms with Gasteiger partial charge >= 0.3 is 0 Å². The summed E-state index contributed by atoms with van der Waals surface area (Å²) < 4.78 is 26.8. The molecule has 0 aromatic heterocycles. The number of nitrogens with one attached hydrogen (secondary N) is 1. The highest BCUT2D eigenvalue weighted by Gasteiger charge is 2.26. The predicted octanol–water partition coefficient (Wildman–Crippen LogP) is 3.16. The van der Waals surface area contributed by atoms with Gasteiger partial charge in [0, 0.05) is 13.1 Å². The highest BCUT2D eigenvalue weighted by atomic mass is 32.2. The molecule has 2 aromatic carbocycles. The van der Waals surface area contributed by atoms with Gasteiger partial charge in [0.2, 0.25) is 15.9 Å². The van der Waals surface area contributed by atoms with E-state index in [2.05, 4.69) is 12.2 Å². The molecule has 5 nitrogen and oxygen atoms in total. The maximum absolute atomic E-state index is 12.8. The summed E-state index contributed by atoms with van der Waals surface area (Å²) in [5.41, 5.74) is 0. The van der Waals surface area contributed by atoms with Crippen LogP contribution in [0, 0.1) is 5.92 Å². The number of hydrogen-bond donors (Lipinski definition) is 1. The molecule has 26 heavy (non-hydrogen) atoms. The van der Waals surface area contributed by atoms with Gasteiger partial charge in [-0.05, 0) is 41.7 Å². The van der Waals surface area contributed by atoms with Crippen molar-refractivity contribution in [2.24, 2.45) is 5.92 Å². The van der Waals surface area contributed by atoms with Crippen molar-refractivity contribution in [1.82, 2.24) is 9.62 Å². The first-order valence-corrected chi connectivity index (χ1v) is 10.6. The molecule has 2 aromatic rings. The molecule has 6 heteroatoms. The lowest BCUT2D eigenvalue weighted by Gasteiger charge is -2.30. The van der Waals surface area contributed by atoms with Crippen LogP contribution in [0.2, 0.25) is 0 Å². The molecule has 1 aliphatic carbocycles. The van der Waals surface area contributed by atoms with Crippen LogP contribution in [0.1, 0.15) is 32.6 Å². The average molecular weight is 375 g/mol. The number of benzene rings is 2. The fourth-order valence-electron chi connectivity index (χ4n) is 3.58. The largest absolute Gasteiger partial charge is 0.352 e. The van der Waals surface area contributed by atoms with Crippen molar-refractivity contribution in [3.05, 3.63) is 42.5 Å². The van der Waals surface area contributed by atoms with Gasteiger partial charge in [0.15, 0.2) is 0 Å². The third-order valence-electron chi connectivity index (χ3n) is 5.25. The van der Waals surface area contributed by atoms with Crippen LogP contribution in [0.3, 0.4) is 0 Å². The summed E-state index contributed by atoms with van der Waals surface area (Å²) in [5.74, 6) is 0.200. The van der Waals surface area contributed by atoms with Crippen LogP contribution in [0.15, 0.2) is 47.4 Å². The molecule has 0 heterocycles. The fraction of sp³-hybridized carbons (Fsp3) is 0.450. The van der Waals surface area contributed by atoms with Gasteiger partial charge in [0.05, 0.1) is 11.4 Å². The van der Waals surface area contributed by atoms with Gasteiger partial charge in [0.25, 0.3) is 0 Å². The molecule has 2 atom stereocenters. The Balaban J connectivity index is 1.70. The number of fused-ring (bicyclic) bond motifs is 1. The minimum atomic E-state index is -3.71. The lowest BCUT2D eigenvalue weighted by Crippen LogP contribution is -2.46. The highest BCUT2D eigenvalue weighted by Crippen LogP contribution is 2.24. The van der Waals surface area contributed by atoms with Gasteiger partial charge in [-0.25, -0.2) is 8.42 Å². The Bertz CT molecular complexity index is 895. The number of hydrogen-bond acceptors (Lipinski definition) is 3. The molecule has 3 rings (SSSR count). The molecule has 0 bridgehead atoms. The molecule has 1 N–H and O–H groups in total. The van der Waals surface area contributed by atoms with E-state index in [0.717, 1.165) is 34.3 Å². The summed E-state index contributed by atoms with van der Waals surface area (Å²) in [6, 6.07) is 12.8. The third-order valence-corrected chi connectivity index (χ3v) is 7.05. The van der Waals surface area contributed by atoms with E-state index in [-0.39, 0.29) is 23.4 Å². The second kappa shape index (κ2) is 7.76. The van der Waals surface area contributed by atoms with Crippen LogP contribution in [0.25, 0.3) is 10.8 Å². The van der Waals surface area contributed by atoms with Crippen LogP contribution in [-0.4, -0.2) is 38.3 Å². The molecule has 140 valence electrons. The van der Waals surface area contributed by atoms with Gasteiger partial charge in [-0.2, -0.15) is 4.31 Å². The first kappa shape index (κ1) is 18.9. The minimum absolute atomic E-state index is 0.146. The number of nitrogens with zero attached hydrogens (tertiary/aromatic N) is 1. The molecular formula is C20H26N2O3S. The lowest BCUT2D eigenvalue weighted by molar-refractivity contribution is -0.122. The Kier molecular flexibility index (Phi) is 5.63. The summed E-state index contributed by atoms with van der Waals surface area (Å²) >= 11 is 0. The number of rotatable bonds is 5. The summed E-state index contributed by atoms with van der Waals surface area (Å²) in [6.07, 6.45) is 4.38. The van der Waals surface area contributed by atoms with Crippen molar-refractivity contribution in [3.63, 3.8) is 0 Å². The van der Waals surface area contributed by atoms with Crippen molar-refractivity contribution in [2.45, 2.75) is 43.5 Å². The second-order valence-electron chi connectivity index (χ2n) is 7.21. The van der Waals surface area contributed by atoms with E-state index >= 15 is 0 Å². The molecule has 1 amide bonds. The van der Waals surface area contributed by atoms with Gasteiger partial charge in [-0.1, -0.05) is 50.1 Å². The van der Waals surface area contributed by atoms with Gasteiger partial charge in [-0.3, -0.25) is 4.79 Å². The normalized spacial score (nSPS) is 21.0. The SMILES string of the molecule is C[C@@H]1CCCC[C@H]1NC(=O)CN(C)S(=O)(=O)c1ccc2ccccc2c1.